The molecule has 2 N–H and O–H groups in total. The summed E-state index contributed by atoms with van der Waals surface area (Å²) in [6.07, 6.45) is 0.877. The van der Waals surface area contributed by atoms with Gasteiger partial charge in [0.15, 0.2) is 16.6 Å². The number of aromatic nitrogens is 1. The molecule has 6 nitrogen and oxygen atoms in total. The standard InChI is InChI=1S/C23H29N3O3S/c1-15-17(18-8-6-7-9-19(18)25-15)10-11-26(23(30)24-2)14-16-12-20(27-3)22(29-5)21(13-16)28-4/h6-9,12-13,25H,10-11,14H2,1-5H3,(H,24,30). The molecule has 0 saturated carbocycles. The van der Waals surface area contributed by atoms with Gasteiger partial charge in [0.2, 0.25) is 5.75 Å². The van der Waals surface area contributed by atoms with Crippen molar-refractivity contribution >= 4 is 28.2 Å². The maximum Gasteiger partial charge on any atom is 0.203 e. The van der Waals surface area contributed by atoms with Crippen LogP contribution in [0.2, 0.25) is 0 Å². The van der Waals surface area contributed by atoms with Crippen molar-refractivity contribution in [3.63, 3.8) is 0 Å². The summed E-state index contributed by atoms with van der Waals surface area (Å²) in [5.74, 6) is 1.85. The average Bonchev–Trinajstić information content (AvgIpc) is 3.09. The van der Waals surface area contributed by atoms with Crippen LogP contribution in [0.3, 0.4) is 0 Å². The minimum absolute atomic E-state index is 0.584. The number of aryl methyl sites for hydroxylation is 1. The van der Waals surface area contributed by atoms with E-state index in [9.17, 15) is 0 Å². The fourth-order valence-corrected chi connectivity index (χ4v) is 3.92. The summed E-state index contributed by atoms with van der Waals surface area (Å²) in [4.78, 5) is 5.62. The summed E-state index contributed by atoms with van der Waals surface area (Å²) < 4.78 is 16.4. The molecule has 3 aromatic rings. The van der Waals surface area contributed by atoms with Gasteiger partial charge in [0.1, 0.15) is 0 Å². The zero-order chi connectivity index (χ0) is 21.7. The lowest BCUT2D eigenvalue weighted by molar-refractivity contribution is 0.322. The molecule has 0 aliphatic heterocycles. The van der Waals surface area contributed by atoms with Crippen LogP contribution in [0.25, 0.3) is 10.9 Å². The number of thiocarbonyl (C=S) groups is 1. The van der Waals surface area contributed by atoms with Gasteiger partial charge >= 0.3 is 0 Å². The van der Waals surface area contributed by atoms with Crippen LogP contribution in [0.5, 0.6) is 17.2 Å². The van der Waals surface area contributed by atoms with Gasteiger partial charge in [-0.1, -0.05) is 18.2 Å². The zero-order valence-electron chi connectivity index (χ0n) is 18.2. The maximum atomic E-state index is 5.59. The molecular weight excluding hydrogens is 398 g/mol. The number of benzene rings is 2. The topological polar surface area (TPSA) is 58.8 Å². The monoisotopic (exact) mass is 427 g/mol. The van der Waals surface area contributed by atoms with Gasteiger partial charge in [-0.25, -0.2) is 0 Å². The highest BCUT2D eigenvalue weighted by Crippen LogP contribution is 2.38. The van der Waals surface area contributed by atoms with Crippen molar-refractivity contribution in [1.29, 1.82) is 0 Å². The first-order valence-corrected chi connectivity index (χ1v) is 10.2. The summed E-state index contributed by atoms with van der Waals surface area (Å²) in [6.45, 7) is 3.52. The predicted octanol–water partition coefficient (Wildman–Crippen LogP) is 4.05. The lowest BCUT2D eigenvalue weighted by atomic mass is 10.1. The first-order valence-electron chi connectivity index (χ1n) is 9.84. The van der Waals surface area contributed by atoms with Gasteiger partial charge in [0.05, 0.1) is 21.3 Å². The molecule has 0 bridgehead atoms. The molecule has 0 aliphatic carbocycles. The first-order chi connectivity index (χ1) is 14.5. The van der Waals surface area contributed by atoms with E-state index in [4.69, 9.17) is 26.4 Å². The van der Waals surface area contributed by atoms with Gasteiger partial charge in [-0.15, -0.1) is 0 Å². The average molecular weight is 428 g/mol. The molecule has 0 spiro atoms. The molecular formula is C23H29N3O3S. The summed E-state index contributed by atoms with van der Waals surface area (Å²) in [5.41, 5.74) is 4.70. The largest absolute Gasteiger partial charge is 0.493 e. The van der Waals surface area contributed by atoms with E-state index in [1.807, 2.05) is 19.2 Å². The Balaban J connectivity index is 1.85. The van der Waals surface area contributed by atoms with Crippen LogP contribution in [0, 0.1) is 6.92 Å². The fourth-order valence-electron chi connectivity index (χ4n) is 3.76. The number of rotatable bonds is 8. The minimum atomic E-state index is 0.584. The third-order valence-electron chi connectivity index (χ3n) is 5.26. The highest BCUT2D eigenvalue weighted by molar-refractivity contribution is 7.80. The van der Waals surface area contributed by atoms with Crippen molar-refractivity contribution in [1.82, 2.24) is 15.2 Å². The van der Waals surface area contributed by atoms with Gasteiger partial charge in [0.25, 0.3) is 0 Å². The number of hydrogen-bond donors (Lipinski definition) is 2. The molecule has 3 rings (SSSR count). The number of H-pyrrole nitrogens is 1. The van der Waals surface area contributed by atoms with Gasteiger partial charge in [0, 0.05) is 36.7 Å². The van der Waals surface area contributed by atoms with Gasteiger partial charge < -0.3 is 29.4 Å². The minimum Gasteiger partial charge on any atom is -0.493 e. The van der Waals surface area contributed by atoms with E-state index < -0.39 is 0 Å². The Labute approximate surface area is 183 Å². The molecule has 0 radical (unpaired) electrons. The van der Waals surface area contributed by atoms with Crippen LogP contribution in [-0.4, -0.2) is 49.9 Å². The molecule has 30 heavy (non-hydrogen) atoms. The van der Waals surface area contributed by atoms with Crippen molar-refractivity contribution in [2.45, 2.75) is 19.9 Å². The van der Waals surface area contributed by atoms with Gasteiger partial charge in [-0.2, -0.15) is 0 Å². The molecule has 7 heteroatoms. The normalized spacial score (nSPS) is 10.7. The Kier molecular flexibility index (Phi) is 7.05. The highest BCUT2D eigenvalue weighted by Gasteiger charge is 2.17. The van der Waals surface area contributed by atoms with Gasteiger partial charge in [-0.3, -0.25) is 0 Å². The highest BCUT2D eigenvalue weighted by atomic mass is 32.1. The second kappa shape index (κ2) is 9.71. The van der Waals surface area contributed by atoms with Crippen LogP contribution >= 0.6 is 12.2 Å². The second-order valence-corrected chi connectivity index (χ2v) is 7.42. The Hall–Kier alpha value is -2.93. The van der Waals surface area contributed by atoms with E-state index in [-0.39, 0.29) is 0 Å². The van der Waals surface area contributed by atoms with Crippen LogP contribution in [0.1, 0.15) is 16.8 Å². The molecule has 0 amide bonds. The Morgan fingerprint density at radius 2 is 1.73 bits per heavy atom. The smallest absolute Gasteiger partial charge is 0.203 e. The molecule has 1 aromatic heterocycles. The van der Waals surface area contributed by atoms with E-state index in [1.165, 1.54) is 16.6 Å². The van der Waals surface area contributed by atoms with E-state index in [0.717, 1.165) is 24.0 Å². The summed E-state index contributed by atoms with van der Waals surface area (Å²) in [6, 6.07) is 12.3. The van der Waals surface area contributed by atoms with Crippen LogP contribution in [0.4, 0.5) is 0 Å². The van der Waals surface area contributed by atoms with Crippen molar-refractivity contribution in [2.75, 3.05) is 34.9 Å². The van der Waals surface area contributed by atoms with Crippen molar-refractivity contribution < 1.29 is 14.2 Å². The maximum absolute atomic E-state index is 5.59. The quantitative estimate of drug-likeness (QED) is 0.529. The predicted molar refractivity (Wildman–Crippen MR) is 125 cm³/mol. The van der Waals surface area contributed by atoms with Crippen LogP contribution in [0.15, 0.2) is 36.4 Å². The molecule has 0 aliphatic rings. The van der Waals surface area contributed by atoms with E-state index in [2.05, 4.69) is 46.4 Å². The van der Waals surface area contributed by atoms with Crippen molar-refractivity contribution in [3.8, 4) is 17.2 Å². The summed E-state index contributed by atoms with van der Waals surface area (Å²) in [7, 11) is 6.70. The van der Waals surface area contributed by atoms with Gasteiger partial charge in [-0.05, 0) is 54.9 Å². The summed E-state index contributed by atoms with van der Waals surface area (Å²) in [5, 5.41) is 5.07. The first kappa shape index (κ1) is 21.8. The molecule has 160 valence electrons. The lowest BCUT2D eigenvalue weighted by Crippen LogP contribution is -2.38. The molecule has 0 unspecified atom stereocenters. The van der Waals surface area contributed by atoms with E-state index in [1.54, 1.807) is 21.3 Å². The third kappa shape index (κ3) is 4.46. The Bertz CT molecular complexity index is 1010. The number of para-hydroxylation sites is 1. The van der Waals surface area contributed by atoms with Crippen LogP contribution in [-0.2, 0) is 13.0 Å². The van der Waals surface area contributed by atoms with E-state index in [0.29, 0.717) is 28.9 Å². The van der Waals surface area contributed by atoms with Crippen LogP contribution < -0.4 is 19.5 Å². The number of hydrogen-bond acceptors (Lipinski definition) is 4. The summed E-state index contributed by atoms with van der Waals surface area (Å²) >= 11 is 5.59. The van der Waals surface area contributed by atoms with Crippen molar-refractivity contribution in [2.24, 2.45) is 0 Å². The molecule has 0 fully saturated rings. The number of ether oxygens (including phenoxy) is 3. The van der Waals surface area contributed by atoms with Crippen molar-refractivity contribution in [3.05, 3.63) is 53.2 Å². The fraction of sp³-hybridized carbons (Fsp3) is 0.348. The third-order valence-corrected chi connectivity index (χ3v) is 5.72. The number of fused-ring (bicyclic) bond motifs is 1. The number of nitrogens with zero attached hydrogens (tertiary/aromatic N) is 1. The second-order valence-electron chi connectivity index (χ2n) is 7.03. The Morgan fingerprint density at radius 3 is 2.33 bits per heavy atom. The Morgan fingerprint density at radius 1 is 1.07 bits per heavy atom. The zero-order valence-corrected chi connectivity index (χ0v) is 19.0. The molecule has 0 saturated heterocycles. The number of nitrogens with one attached hydrogen (secondary N) is 2. The molecule has 2 aromatic carbocycles. The van der Waals surface area contributed by atoms with E-state index >= 15 is 0 Å². The number of aromatic amines is 1. The lowest BCUT2D eigenvalue weighted by Gasteiger charge is -2.26. The number of methoxy groups -OCH3 is 3. The SMILES string of the molecule is CNC(=S)N(CCc1c(C)[nH]c2ccccc12)Cc1cc(OC)c(OC)c(OC)c1. The molecule has 1 heterocycles. The molecule has 0 atom stereocenters.